The summed E-state index contributed by atoms with van der Waals surface area (Å²) in [6.07, 6.45) is 0.151. The van der Waals surface area contributed by atoms with E-state index in [0.717, 1.165) is 4.47 Å². The first kappa shape index (κ1) is 11.4. The summed E-state index contributed by atoms with van der Waals surface area (Å²) in [5.41, 5.74) is 0.697. The van der Waals surface area contributed by atoms with E-state index in [-0.39, 0.29) is 18.2 Å². The second-order valence-electron chi connectivity index (χ2n) is 3.44. The minimum Gasteiger partial charge on any atom is -0.372 e. The van der Waals surface area contributed by atoms with Crippen LogP contribution in [0.5, 0.6) is 0 Å². The Morgan fingerprint density at radius 3 is 2.81 bits per heavy atom. The molecule has 1 fully saturated rings. The van der Waals surface area contributed by atoms with Crippen molar-refractivity contribution in [3.05, 3.63) is 27.7 Å². The van der Waals surface area contributed by atoms with Crippen molar-refractivity contribution in [1.82, 2.24) is 5.32 Å². The van der Waals surface area contributed by atoms with Crippen molar-refractivity contribution in [2.75, 3.05) is 5.32 Å². The third-order valence-corrected chi connectivity index (χ3v) is 3.15. The van der Waals surface area contributed by atoms with Crippen molar-refractivity contribution < 1.29 is 9.59 Å². The summed E-state index contributed by atoms with van der Waals surface area (Å²) in [6.45, 7) is 0. The molecule has 0 aromatic heterocycles. The Balaban J connectivity index is 2.18. The number of amides is 2. The maximum Gasteiger partial charge on any atom is 0.249 e. The second kappa shape index (κ2) is 4.43. The molecule has 1 aromatic carbocycles. The van der Waals surface area contributed by atoms with Gasteiger partial charge in [0.1, 0.15) is 6.04 Å². The minimum atomic E-state index is -0.526. The van der Waals surface area contributed by atoms with Gasteiger partial charge in [-0.3, -0.25) is 14.9 Å². The van der Waals surface area contributed by atoms with Crippen LogP contribution in [-0.2, 0) is 9.59 Å². The molecular weight excluding hydrogens is 295 g/mol. The van der Waals surface area contributed by atoms with E-state index in [9.17, 15) is 9.59 Å². The number of halogens is 2. The predicted molar refractivity (Wildman–Crippen MR) is 64.3 cm³/mol. The highest BCUT2D eigenvalue weighted by atomic mass is 79.9. The number of carbonyl (C=O) groups is 2. The highest BCUT2D eigenvalue weighted by molar-refractivity contribution is 9.10. The van der Waals surface area contributed by atoms with Gasteiger partial charge in [0.05, 0.1) is 12.1 Å². The normalized spacial score (nSPS) is 19.8. The molecule has 1 aliphatic heterocycles. The molecule has 1 aromatic rings. The fourth-order valence-corrected chi connectivity index (χ4v) is 2.00. The summed E-state index contributed by atoms with van der Waals surface area (Å²) >= 11 is 9.17. The predicted octanol–water partition coefficient (Wildman–Crippen LogP) is 1.93. The van der Waals surface area contributed by atoms with E-state index in [2.05, 4.69) is 26.6 Å². The van der Waals surface area contributed by atoms with Gasteiger partial charge in [-0.05, 0) is 34.1 Å². The summed E-state index contributed by atoms with van der Waals surface area (Å²) in [5, 5.41) is 5.76. The van der Waals surface area contributed by atoms with Crippen LogP contribution in [0.25, 0.3) is 0 Å². The number of rotatable bonds is 2. The Morgan fingerprint density at radius 1 is 1.44 bits per heavy atom. The van der Waals surface area contributed by atoms with E-state index in [1.165, 1.54) is 0 Å². The summed E-state index contributed by atoms with van der Waals surface area (Å²) in [5.74, 6) is -0.572. The molecule has 16 heavy (non-hydrogen) atoms. The van der Waals surface area contributed by atoms with Gasteiger partial charge in [0, 0.05) is 9.50 Å². The van der Waals surface area contributed by atoms with Crippen molar-refractivity contribution in [2.45, 2.75) is 12.5 Å². The van der Waals surface area contributed by atoms with Gasteiger partial charge >= 0.3 is 0 Å². The largest absolute Gasteiger partial charge is 0.372 e. The second-order valence-corrected chi connectivity index (χ2v) is 4.73. The van der Waals surface area contributed by atoms with E-state index in [1.54, 1.807) is 18.2 Å². The van der Waals surface area contributed by atoms with Crippen LogP contribution in [0.4, 0.5) is 5.69 Å². The molecule has 4 nitrogen and oxygen atoms in total. The first-order chi connectivity index (χ1) is 7.56. The number of hydrogen-bond donors (Lipinski definition) is 2. The van der Waals surface area contributed by atoms with Crippen LogP contribution in [0, 0.1) is 0 Å². The smallest absolute Gasteiger partial charge is 0.249 e. The van der Waals surface area contributed by atoms with E-state index in [4.69, 9.17) is 11.6 Å². The lowest BCUT2D eigenvalue weighted by atomic mass is 10.2. The van der Waals surface area contributed by atoms with Gasteiger partial charge in [-0.2, -0.15) is 0 Å². The van der Waals surface area contributed by atoms with Gasteiger partial charge in [0.15, 0.2) is 0 Å². The summed E-state index contributed by atoms with van der Waals surface area (Å²) < 4.78 is 0.795. The summed E-state index contributed by atoms with van der Waals surface area (Å²) in [7, 11) is 0. The van der Waals surface area contributed by atoms with Crippen molar-refractivity contribution in [3.63, 3.8) is 0 Å². The Morgan fingerprint density at radius 2 is 2.19 bits per heavy atom. The quantitative estimate of drug-likeness (QED) is 0.821. The molecule has 2 rings (SSSR count). The van der Waals surface area contributed by atoms with Crippen LogP contribution >= 0.6 is 27.5 Å². The van der Waals surface area contributed by atoms with Crippen LogP contribution in [0.2, 0.25) is 5.02 Å². The molecule has 2 N–H and O–H groups in total. The Kier molecular flexibility index (Phi) is 3.16. The molecule has 84 valence electrons. The van der Waals surface area contributed by atoms with E-state index >= 15 is 0 Å². The van der Waals surface area contributed by atoms with Gasteiger partial charge < -0.3 is 5.32 Å². The van der Waals surface area contributed by atoms with Crippen molar-refractivity contribution in [3.8, 4) is 0 Å². The lowest BCUT2D eigenvalue weighted by Crippen LogP contribution is -2.30. The van der Waals surface area contributed by atoms with Crippen molar-refractivity contribution >= 4 is 45.0 Å². The topological polar surface area (TPSA) is 58.2 Å². The van der Waals surface area contributed by atoms with Crippen LogP contribution in [-0.4, -0.2) is 17.9 Å². The number of hydrogen-bond acceptors (Lipinski definition) is 3. The molecule has 2 amide bonds. The zero-order valence-electron chi connectivity index (χ0n) is 8.09. The van der Waals surface area contributed by atoms with Crippen LogP contribution in [0.1, 0.15) is 6.42 Å². The molecule has 1 aliphatic rings. The third-order valence-electron chi connectivity index (χ3n) is 2.23. The lowest BCUT2D eigenvalue weighted by Gasteiger charge is -2.12. The molecule has 0 spiro atoms. The standard InChI is InChI=1S/C10H8BrClN2O2/c11-6-2-1-5(12)3-7(6)13-8-4-9(15)14-10(8)16/h1-3,8,13H,4H2,(H,14,15,16). The molecule has 6 heteroatoms. The number of nitrogens with one attached hydrogen (secondary N) is 2. The van der Waals surface area contributed by atoms with Gasteiger partial charge in [-0.1, -0.05) is 11.6 Å². The summed E-state index contributed by atoms with van der Waals surface area (Å²) in [6, 6.07) is 4.68. The highest BCUT2D eigenvalue weighted by Gasteiger charge is 2.30. The third kappa shape index (κ3) is 2.36. The molecule has 1 heterocycles. The SMILES string of the molecule is O=C1CC(Nc2cc(Cl)ccc2Br)C(=O)N1. The molecule has 0 bridgehead atoms. The van der Waals surface area contributed by atoms with Gasteiger partial charge in [0.25, 0.3) is 0 Å². The maximum atomic E-state index is 11.3. The maximum absolute atomic E-state index is 11.3. The average Bonchev–Trinajstić information content (AvgIpc) is 2.51. The van der Waals surface area contributed by atoms with Gasteiger partial charge in [0.2, 0.25) is 11.8 Å². The van der Waals surface area contributed by atoms with E-state index in [1.807, 2.05) is 0 Å². The number of carbonyl (C=O) groups excluding carboxylic acids is 2. The zero-order chi connectivity index (χ0) is 11.7. The zero-order valence-corrected chi connectivity index (χ0v) is 10.4. The molecule has 1 atom stereocenters. The Hall–Kier alpha value is -1.07. The number of imide groups is 1. The Bertz CT molecular complexity index is 464. The first-order valence-electron chi connectivity index (χ1n) is 4.61. The lowest BCUT2D eigenvalue weighted by molar-refractivity contribution is -0.124. The van der Waals surface area contributed by atoms with Gasteiger partial charge in [-0.25, -0.2) is 0 Å². The summed E-state index contributed by atoms with van der Waals surface area (Å²) in [4.78, 5) is 22.3. The van der Waals surface area contributed by atoms with Crippen LogP contribution in [0.15, 0.2) is 22.7 Å². The van der Waals surface area contributed by atoms with Crippen LogP contribution in [0.3, 0.4) is 0 Å². The minimum absolute atomic E-state index is 0.151. The molecule has 1 saturated heterocycles. The molecule has 1 unspecified atom stereocenters. The van der Waals surface area contributed by atoms with Crippen molar-refractivity contribution in [1.29, 1.82) is 0 Å². The fraction of sp³-hybridized carbons (Fsp3) is 0.200. The van der Waals surface area contributed by atoms with Crippen molar-refractivity contribution in [2.24, 2.45) is 0 Å². The molecule has 0 radical (unpaired) electrons. The monoisotopic (exact) mass is 302 g/mol. The van der Waals surface area contributed by atoms with Crippen LogP contribution < -0.4 is 10.6 Å². The van der Waals surface area contributed by atoms with E-state index in [0.29, 0.717) is 10.7 Å². The molecule has 0 saturated carbocycles. The molecule has 0 aliphatic carbocycles. The highest BCUT2D eigenvalue weighted by Crippen LogP contribution is 2.27. The van der Waals surface area contributed by atoms with E-state index < -0.39 is 6.04 Å². The number of benzene rings is 1. The number of anilines is 1. The fourth-order valence-electron chi connectivity index (χ4n) is 1.47. The first-order valence-corrected chi connectivity index (χ1v) is 5.78. The van der Waals surface area contributed by atoms with Gasteiger partial charge in [-0.15, -0.1) is 0 Å². The Labute approximate surface area is 105 Å². The molecular formula is C10H8BrClN2O2. The average molecular weight is 304 g/mol.